The molecule has 0 saturated heterocycles. The third-order valence-electron chi connectivity index (χ3n) is 3.41. The molecule has 5 nitrogen and oxygen atoms in total. The second-order valence-corrected chi connectivity index (χ2v) is 6.16. The normalized spacial score (nSPS) is 11.4. The molecular formula is C16H22N4O. The number of amides is 1. The van der Waals surface area contributed by atoms with Crippen LogP contribution < -0.4 is 11.1 Å². The molecule has 21 heavy (non-hydrogen) atoms. The molecule has 2 rings (SSSR count). The predicted octanol–water partition coefficient (Wildman–Crippen LogP) is 2.66. The van der Waals surface area contributed by atoms with Crippen LogP contribution in [0.5, 0.6) is 0 Å². The molecule has 2 aromatic rings. The largest absolute Gasteiger partial charge is 0.381 e. The fourth-order valence-corrected chi connectivity index (χ4v) is 2.11. The summed E-state index contributed by atoms with van der Waals surface area (Å²) in [4.78, 5) is 11.3. The Morgan fingerprint density at radius 2 is 2.10 bits per heavy atom. The van der Waals surface area contributed by atoms with Crippen molar-refractivity contribution in [2.24, 2.45) is 5.73 Å². The Morgan fingerprint density at radius 3 is 2.67 bits per heavy atom. The van der Waals surface area contributed by atoms with Gasteiger partial charge >= 0.3 is 0 Å². The zero-order valence-corrected chi connectivity index (χ0v) is 13.0. The zero-order chi connectivity index (χ0) is 15.6. The van der Waals surface area contributed by atoms with E-state index in [1.165, 1.54) is 0 Å². The van der Waals surface area contributed by atoms with Crippen LogP contribution in [0.25, 0.3) is 0 Å². The third kappa shape index (κ3) is 3.42. The molecule has 1 amide bonds. The number of rotatable bonds is 4. The smallest absolute Gasteiger partial charge is 0.249 e. The van der Waals surface area contributed by atoms with Gasteiger partial charge in [-0.15, -0.1) is 0 Å². The van der Waals surface area contributed by atoms with E-state index >= 15 is 0 Å². The van der Waals surface area contributed by atoms with Crippen LogP contribution in [0.4, 0.5) is 5.69 Å². The highest BCUT2D eigenvalue weighted by Crippen LogP contribution is 2.20. The predicted molar refractivity (Wildman–Crippen MR) is 84.2 cm³/mol. The molecule has 1 aromatic heterocycles. The lowest BCUT2D eigenvalue weighted by Gasteiger charge is -2.18. The number of anilines is 1. The summed E-state index contributed by atoms with van der Waals surface area (Å²) in [7, 11) is 0. The van der Waals surface area contributed by atoms with Crippen LogP contribution >= 0.6 is 0 Å². The quantitative estimate of drug-likeness (QED) is 0.907. The van der Waals surface area contributed by atoms with E-state index in [-0.39, 0.29) is 5.54 Å². The number of carbonyl (C=O) groups is 1. The number of nitrogens with one attached hydrogen (secondary N) is 1. The first kappa shape index (κ1) is 15.1. The van der Waals surface area contributed by atoms with Crippen molar-refractivity contribution in [2.75, 3.05) is 5.32 Å². The van der Waals surface area contributed by atoms with Crippen molar-refractivity contribution in [3.05, 3.63) is 47.3 Å². The maximum Gasteiger partial charge on any atom is 0.249 e. The van der Waals surface area contributed by atoms with Gasteiger partial charge in [0, 0.05) is 29.6 Å². The number of nitrogens with two attached hydrogens (primary N) is 1. The number of benzene rings is 1. The standard InChI is InChI=1S/C16H22N4O/c1-11-13(15(17)21)6-5-7-14(11)18-8-12-9-19-20(10-12)16(2,3)4/h5-7,9-10,18H,8H2,1-4H3,(H2,17,21). The highest BCUT2D eigenvalue weighted by atomic mass is 16.1. The molecular weight excluding hydrogens is 264 g/mol. The first-order valence-corrected chi connectivity index (χ1v) is 6.96. The summed E-state index contributed by atoms with van der Waals surface area (Å²) in [6.45, 7) is 8.87. The number of primary amides is 1. The lowest BCUT2D eigenvalue weighted by molar-refractivity contribution is 0.1000. The van der Waals surface area contributed by atoms with Crippen LogP contribution in [-0.4, -0.2) is 15.7 Å². The van der Waals surface area contributed by atoms with Crippen LogP contribution in [0.1, 0.15) is 42.3 Å². The molecule has 112 valence electrons. The van der Waals surface area contributed by atoms with Crippen molar-refractivity contribution in [3.63, 3.8) is 0 Å². The molecule has 0 saturated carbocycles. The number of hydrogen-bond acceptors (Lipinski definition) is 3. The lowest BCUT2D eigenvalue weighted by atomic mass is 10.1. The minimum Gasteiger partial charge on any atom is -0.381 e. The third-order valence-corrected chi connectivity index (χ3v) is 3.41. The molecule has 0 atom stereocenters. The molecule has 0 spiro atoms. The van der Waals surface area contributed by atoms with Gasteiger partial charge in [-0.25, -0.2) is 0 Å². The van der Waals surface area contributed by atoms with E-state index in [1.807, 2.05) is 36.1 Å². The summed E-state index contributed by atoms with van der Waals surface area (Å²) in [6, 6.07) is 5.50. The Bertz CT molecular complexity index is 653. The molecule has 3 N–H and O–H groups in total. The SMILES string of the molecule is Cc1c(NCc2cnn(C(C)(C)C)c2)cccc1C(N)=O. The van der Waals surface area contributed by atoms with Gasteiger partial charge < -0.3 is 11.1 Å². The Balaban J connectivity index is 2.12. The first-order chi connectivity index (χ1) is 9.79. The molecule has 0 aliphatic carbocycles. The summed E-state index contributed by atoms with van der Waals surface area (Å²) in [5.74, 6) is -0.406. The second kappa shape index (κ2) is 5.60. The molecule has 1 aromatic carbocycles. The van der Waals surface area contributed by atoms with Crippen molar-refractivity contribution in [2.45, 2.75) is 39.8 Å². The minimum absolute atomic E-state index is 0.0277. The van der Waals surface area contributed by atoms with Crippen LogP contribution in [0.3, 0.4) is 0 Å². The highest BCUT2D eigenvalue weighted by Gasteiger charge is 2.14. The van der Waals surface area contributed by atoms with Crippen molar-refractivity contribution in [3.8, 4) is 0 Å². The summed E-state index contributed by atoms with van der Waals surface area (Å²) in [5.41, 5.74) is 8.75. The average molecular weight is 286 g/mol. The molecule has 0 fully saturated rings. The van der Waals surface area contributed by atoms with Gasteiger partial charge in [0.2, 0.25) is 5.91 Å². The van der Waals surface area contributed by atoms with Crippen LogP contribution in [0, 0.1) is 6.92 Å². The number of carbonyl (C=O) groups excluding carboxylic acids is 1. The lowest BCUT2D eigenvalue weighted by Crippen LogP contribution is -2.22. The molecule has 0 aliphatic rings. The summed E-state index contributed by atoms with van der Waals surface area (Å²) in [5, 5.41) is 7.70. The zero-order valence-electron chi connectivity index (χ0n) is 13.0. The van der Waals surface area contributed by atoms with E-state index < -0.39 is 5.91 Å². The van der Waals surface area contributed by atoms with Gasteiger partial charge in [0.15, 0.2) is 0 Å². The van der Waals surface area contributed by atoms with Gasteiger partial charge in [0.05, 0.1) is 11.7 Å². The van der Waals surface area contributed by atoms with E-state index in [1.54, 1.807) is 6.07 Å². The summed E-state index contributed by atoms with van der Waals surface area (Å²) in [6.07, 6.45) is 3.88. The van der Waals surface area contributed by atoms with E-state index in [2.05, 4.69) is 31.2 Å². The molecule has 0 unspecified atom stereocenters. The van der Waals surface area contributed by atoms with E-state index in [0.29, 0.717) is 12.1 Å². The minimum atomic E-state index is -0.406. The van der Waals surface area contributed by atoms with Crippen LogP contribution in [-0.2, 0) is 12.1 Å². The van der Waals surface area contributed by atoms with Gasteiger partial charge in [-0.05, 0) is 45.4 Å². The van der Waals surface area contributed by atoms with Gasteiger partial charge in [-0.3, -0.25) is 9.48 Å². The molecule has 0 bridgehead atoms. The van der Waals surface area contributed by atoms with E-state index in [4.69, 9.17) is 5.73 Å². The van der Waals surface area contributed by atoms with Crippen molar-refractivity contribution >= 4 is 11.6 Å². The summed E-state index contributed by atoms with van der Waals surface area (Å²) < 4.78 is 1.94. The first-order valence-electron chi connectivity index (χ1n) is 6.96. The fraction of sp³-hybridized carbons (Fsp3) is 0.375. The highest BCUT2D eigenvalue weighted by molar-refractivity contribution is 5.95. The maximum absolute atomic E-state index is 11.3. The van der Waals surface area contributed by atoms with Crippen molar-refractivity contribution < 1.29 is 4.79 Å². The molecule has 1 heterocycles. The van der Waals surface area contributed by atoms with Gasteiger partial charge in [-0.1, -0.05) is 6.07 Å². The molecule has 5 heteroatoms. The topological polar surface area (TPSA) is 72.9 Å². The number of hydrogen-bond donors (Lipinski definition) is 2. The van der Waals surface area contributed by atoms with Crippen molar-refractivity contribution in [1.82, 2.24) is 9.78 Å². The number of aromatic nitrogens is 2. The van der Waals surface area contributed by atoms with Crippen molar-refractivity contribution in [1.29, 1.82) is 0 Å². The van der Waals surface area contributed by atoms with Gasteiger partial charge in [0.1, 0.15) is 0 Å². The van der Waals surface area contributed by atoms with Gasteiger partial charge in [-0.2, -0.15) is 5.10 Å². The monoisotopic (exact) mass is 286 g/mol. The average Bonchev–Trinajstić information content (AvgIpc) is 2.86. The molecule has 0 radical (unpaired) electrons. The molecule has 0 aliphatic heterocycles. The number of nitrogens with zero attached hydrogens (tertiary/aromatic N) is 2. The van der Waals surface area contributed by atoms with Crippen LogP contribution in [0.15, 0.2) is 30.6 Å². The Kier molecular flexibility index (Phi) is 4.02. The second-order valence-electron chi connectivity index (χ2n) is 6.16. The Morgan fingerprint density at radius 1 is 1.38 bits per heavy atom. The van der Waals surface area contributed by atoms with Crippen LogP contribution in [0.2, 0.25) is 0 Å². The Labute approximate surface area is 125 Å². The summed E-state index contributed by atoms with van der Waals surface area (Å²) >= 11 is 0. The Hall–Kier alpha value is -2.30. The van der Waals surface area contributed by atoms with E-state index in [0.717, 1.165) is 16.8 Å². The fourth-order valence-electron chi connectivity index (χ4n) is 2.11. The van der Waals surface area contributed by atoms with E-state index in [9.17, 15) is 4.79 Å². The maximum atomic E-state index is 11.3. The van der Waals surface area contributed by atoms with Gasteiger partial charge in [0.25, 0.3) is 0 Å².